The summed E-state index contributed by atoms with van der Waals surface area (Å²) in [6, 6.07) is 5.66. The molecule has 0 radical (unpaired) electrons. The van der Waals surface area contributed by atoms with E-state index in [-0.39, 0.29) is 0 Å². The molecule has 0 spiro atoms. The summed E-state index contributed by atoms with van der Waals surface area (Å²) in [6.07, 6.45) is 0.994. The molecule has 0 aromatic heterocycles. The van der Waals surface area contributed by atoms with Gasteiger partial charge in [0.15, 0.2) is 5.75 Å². The molecule has 84 valence electrons. The zero-order chi connectivity index (χ0) is 11.3. The van der Waals surface area contributed by atoms with Crippen molar-refractivity contribution in [3.05, 3.63) is 22.7 Å². The standard InChI is InChI=1S/C11H17BrN2O/c1-14(2)7-4-8-15-11-9(12)5-3-6-10(11)13/h3,5-6H,4,7-8,13H2,1-2H3. The third kappa shape index (κ3) is 4.10. The second kappa shape index (κ2) is 5.98. The van der Waals surface area contributed by atoms with Crippen LogP contribution in [-0.4, -0.2) is 32.1 Å². The molecule has 0 saturated heterocycles. The fourth-order valence-corrected chi connectivity index (χ4v) is 1.73. The second-order valence-electron chi connectivity index (χ2n) is 3.66. The first-order valence-corrected chi connectivity index (χ1v) is 5.72. The molecule has 0 heterocycles. The molecule has 15 heavy (non-hydrogen) atoms. The SMILES string of the molecule is CN(C)CCCOc1c(N)cccc1Br. The number of anilines is 1. The van der Waals surface area contributed by atoms with Crippen LogP contribution < -0.4 is 10.5 Å². The number of ether oxygens (including phenoxy) is 1. The van der Waals surface area contributed by atoms with Gasteiger partial charge in [-0.25, -0.2) is 0 Å². The Hall–Kier alpha value is -0.740. The highest BCUT2D eigenvalue weighted by Gasteiger charge is 2.04. The van der Waals surface area contributed by atoms with Crippen LogP contribution in [0.2, 0.25) is 0 Å². The quantitative estimate of drug-likeness (QED) is 0.661. The van der Waals surface area contributed by atoms with E-state index in [2.05, 4.69) is 20.8 Å². The van der Waals surface area contributed by atoms with Crippen LogP contribution in [0.4, 0.5) is 5.69 Å². The number of hydrogen-bond acceptors (Lipinski definition) is 3. The van der Waals surface area contributed by atoms with Gasteiger partial charge in [0.2, 0.25) is 0 Å². The van der Waals surface area contributed by atoms with Gasteiger partial charge in [0.25, 0.3) is 0 Å². The number of nitrogens with zero attached hydrogens (tertiary/aromatic N) is 1. The van der Waals surface area contributed by atoms with E-state index < -0.39 is 0 Å². The summed E-state index contributed by atoms with van der Waals surface area (Å²) in [7, 11) is 4.10. The summed E-state index contributed by atoms with van der Waals surface area (Å²) in [6.45, 7) is 1.70. The van der Waals surface area contributed by atoms with Crippen molar-refractivity contribution in [2.45, 2.75) is 6.42 Å². The van der Waals surface area contributed by atoms with Crippen LogP contribution in [-0.2, 0) is 0 Å². The summed E-state index contributed by atoms with van der Waals surface area (Å²) in [5.41, 5.74) is 6.47. The minimum atomic E-state index is 0.675. The summed E-state index contributed by atoms with van der Waals surface area (Å²) < 4.78 is 6.53. The molecule has 2 N–H and O–H groups in total. The van der Waals surface area contributed by atoms with Gasteiger partial charge in [-0.1, -0.05) is 6.07 Å². The predicted octanol–water partition coefficient (Wildman–Crippen LogP) is 2.36. The van der Waals surface area contributed by atoms with E-state index in [9.17, 15) is 0 Å². The maximum absolute atomic E-state index is 5.80. The number of nitrogen functional groups attached to an aromatic ring is 1. The maximum Gasteiger partial charge on any atom is 0.156 e. The fraction of sp³-hybridized carbons (Fsp3) is 0.455. The van der Waals surface area contributed by atoms with E-state index in [1.807, 2.05) is 32.3 Å². The molecule has 0 bridgehead atoms. The van der Waals surface area contributed by atoms with Crippen LogP contribution in [0.3, 0.4) is 0 Å². The molecule has 0 aliphatic heterocycles. The smallest absolute Gasteiger partial charge is 0.156 e. The van der Waals surface area contributed by atoms with Gasteiger partial charge >= 0.3 is 0 Å². The zero-order valence-corrected chi connectivity index (χ0v) is 10.8. The van der Waals surface area contributed by atoms with Crippen molar-refractivity contribution in [3.63, 3.8) is 0 Å². The number of para-hydroxylation sites is 1. The Labute approximate surface area is 99.3 Å². The second-order valence-corrected chi connectivity index (χ2v) is 4.52. The summed E-state index contributed by atoms with van der Waals surface area (Å²) in [5.74, 6) is 0.747. The van der Waals surface area contributed by atoms with Gasteiger partial charge in [-0.15, -0.1) is 0 Å². The van der Waals surface area contributed by atoms with Gasteiger partial charge in [-0.05, 0) is 48.6 Å². The zero-order valence-electron chi connectivity index (χ0n) is 9.16. The molecule has 0 saturated carbocycles. The predicted molar refractivity (Wildman–Crippen MR) is 67.2 cm³/mol. The fourth-order valence-electron chi connectivity index (χ4n) is 1.23. The summed E-state index contributed by atoms with van der Waals surface area (Å²) >= 11 is 3.41. The van der Waals surface area contributed by atoms with Crippen LogP contribution in [0.1, 0.15) is 6.42 Å². The molecule has 4 heteroatoms. The maximum atomic E-state index is 5.80. The molecule has 0 atom stereocenters. The molecule has 0 aliphatic rings. The van der Waals surface area contributed by atoms with E-state index in [1.165, 1.54) is 0 Å². The molecule has 0 aliphatic carbocycles. The van der Waals surface area contributed by atoms with Crippen molar-refractivity contribution in [1.82, 2.24) is 4.90 Å². The van der Waals surface area contributed by atoms with Gasteiger partial charge in [0.05, 0.1) is 16.8 Å². The van der Waals surface area contributed by atoms with E-state index in [0.29, 0.717) is 12.3 Å². The lowest BCUT2D eigenvalue weighted by molar-refractivity contribution is 0.281. The lowest BCUT2D eigenvalue weighted by Crippen LogP contribution is -2.15. The van der Waals surface area contributed by atoms with Crippen LogP contribution in [0, 0.1) is 0 Å². The monoisotopic (exact) mass is 272 g/mol. The first-order valence-electron chi connectivity index (χ1n) is 4.93. The van der Waals surface area contributed by atoms with Gasteiger partial charge in [0.1, 0.15) is 0 Å². The van der Waals surface area contributed by atoms with Crippen molar-refractivity contribution in [2.75, 3.05) is 33.0 Å². The normalized spacial score (nSPS) is 10.7. The van der Waals surface area contributed by atoms with Crippen molar-refractivity contribution >= 4 is 21.6 Å². The Bertz CT molecular complexity index is 295. The first-order chi connectivity index (χ1) is 7.11. The van der Waals surface area contributed by atoms with Crippen LogP contribution in [0.25, 0.3) is 0 Å². The molecule has 0 fully saturated rings. The van der Waals surface area contributed by atoms with E-state index in [4.69, 9.17) is 10.5 Å². The Morgan fingerprint density at radius 3 is 2.73 bits per heavy atom. The molecule has 0 amide bonds. The highest BCUT2D eigenvalue weighted by atomic mass is 79.9. The molecular weight excluding hydrogens is 256 g/mol. The number of hydrogen-bond donors (Lipinski definition) is 1. The van der Waals surface area contributed by atoms with Gasteiger partial charge in [-0.3, -0.25) is 0 Å². The third-order valence-electron chi connectivity index (χ3n) is 1.99. The Kier molecular flexibility index (Phi) is 4.91. The van der Waals surface area contributed by atoms with Crippen molar-refractivity contribution in [2.24, 2.45) is 0 Å². The molecule has 1 aromatic rings. The molecule has 1 rings (SSSR count). The van der Waals surface area contributed by atoms with Gasteiger partial charge < -0.3 is 15.4 Å². The molecule has 3 nitrogen and oxygen atoms in total. The first kappa shape index (κ1) is 12.3. The van der Waals surface area contributed by atoms with Gasteiger partial charge in [0, 0.05) is 6.54 Å². The highest BCUT2D eigenvalue weighted by Crippen LogP contribution is 2.30. The van der Waals surface area contributed by atoms with Crippen molar-refractivity contribution in [3.8, 4) is 5.75 Å². The molecular formula is C11H17BrN2O. The summed E-state index contributed by atoms with van der Waals surface area (Å²) in [5, 5.41) is 0. The van der Waals surface area contributed by atoms with Crippen molar-refractivity contribution < 1.29 is 4.74 Å². The summed E-state index contributed by atoms with van der Waals surface area (Å²) in [4.78, 5) is 2.13. The minimum absolute atomic E-state index is 0.675. The van der Waals surface area contributed by atoms with E-state index in [0.717, 1.165) is 23.2 Å². The lowest BCUT2D eigenvalue weighted by atomic mass is 10.3. The van der Waals surface area contributed by atoms with Crippen LogP contribution in [0.15, 0.2) is 22.7 Å². The Balaban J connectivity index is 2.43. The molecule has 1 aromatic carbocycles. The number of halogens is 1. The number of rotatable bonds is 5. The number of benzene rings is 1. The Morgan fingerprint density at radius 1 is 1.40 bits per heavy atom. The van der Waals surface area contributed by atoms with E-state index in [1.54, 1.807) is 0 Å². The number of nitrogens with two attached hydrogens (primary N) is 1. The van der Waals surface area contributed by atoms with Crippen LogP contribution >= 0.6 is 15.9 Å². The van der Waals surface area contributed by atoms with Gasteiger partial charge in [-0.2, -0.15) is 0 Å². The third-order valence-corrected chi connectivity index (χ3v) is 2.62. The van der Waals surface area contributed by atoms with Crippen LogP contribution in [0.5, 0.6) is 5.75 Å². The van der Waals surface area contributed by atoms with Crippen molar-refractivity contribution in [1.29, 1.82) is 0 Å². The Morgan fingerprint density at radius 2 is 2.13 bits per heavy atom. The lowest BCUT2D eigenvalue weighted by Gasteiger charge is -2.12. The minimum Gasteiger partial charge on any atom is -0.490 e. The average molecular weight is 273 g/mol. The average Bonchev–Trinajstić information content (AvgIpc) is 2.15. The van der Waals surface area contributed by atoms with E-state index >= 15 is 0 Å². The molecule has 0 unspecified atom stereocenters. The largest absolute Gasteiger partial charge is 0.490 e. The topological polar surface area (TPSA) is 38.5 Å². The highest BCUT2D eigenvalue weighted by molar-refractivity contribution is 9.10.